The Bertz CT molecular complexity index is 924. The van der Waals surface area contributed by atoms with Crippen molar-refractivity contribution in [2.75, 3.05) is 13.2 Å². The minimum absolute atomic E-state index is 0.366. The van der Waals surface area contributed by atoms with E-state index >= 15 is 0 Å². The van der Waals surface area contributed by atoms with Crippen LogP contribution >= 0.6 is 23.2 Å². The van der Waals surface area contributed by atoms with E-state index in [9.17, 15) is 0 Å². The molecule has 1 fully saturated rings. The molecule has 4 nitrogen and oxygen atoms in total. The maximum absolute atomic E-state index is 6.06. The van der Waals surface area contributed by atoms with E-state index in [0.29, 0.717) is 28.6 Å². The standard InChI is InChI=1S/C22H21Cl2N3O/c23-17-8-4-15(5-9-17)21-22(16-6-10-18(24)11-7-16)27-20(13-26-21)28-14-19-3-1-2-12-25-19/h4-11,13,19,25H,1-3,12,14H2. The van der Waals surface area contributed by atoms with Gasteiger partial charge in [-0.05, 0) is 43.7 Å². The summed E-state index contributed by atoms with van der Waals surface area (Å²) in [6.45, 7) is 1.64. The summed E-state index contributed by atoms with van der Waals surface area (Å²) < 4.78 is 5.96. The van der Waals surface area contributed by atoms with Crippen molar-refractivity contribution in [3.63, 3.8) is 0 Å². The fourth-order valence-corrected chi connectivity index (χ4v) is 3.57. The fraction of sp³-hybridized carbons (Fsp3) is 0.273. The zero-order chi connectivity index (χ0) is 19.3. The van der Waals surface area contributed by atoms with E-state index in [4.69, 9.17) is 32.9 Å². The van der Waals surface area contributed by atoms with Crippen molar-refractivity contribution in [2.24, 2.45) is 0 Å². The zero-order valence-corrected chi connectivity index (χ0v) is 16.9. The van der Waals surface area contributed by atoms with Crippen LogP contribution in [0.1, 0.15) is 19.3 Å². The smallest absolute Gasteiger partial charge is 0.232 e. The van der Waals surface area contributed by atoms with Crippen LogP contribution in [0.3, 0.4) is 0 Å². The van der Waals surface area contributed by atoms with Crippen LogP contribution in [0.5, 0.6) is 5.88 Å². The lowest BCUT2D eigenvalue weighted by atomic mass is 10.0. The van der Waals surface area contributed by atoms with Crippen LogP contribution in [0.4, 0.5) is 0 Å². The van der Waals surface area contributed by atoms with Crippen LogP contribution in [0, 0.1) is 0 Å². The molecule has 0 aliphatic carbocycles. The maximum atomic E-state index is 6.06. The van der Waals surface area contributed by atoms with Gasteiger partial charge in [0.15, 0.2) is 0 Å². The van der Waals surface area contributed by atoms with E-state index in [1.54, 1.807) is 6.20 Å². The highest BCUT2D eigenvalue weighted by molar-refractivity contribution is 6.31. The molecule has 2 heterocycles. The summed E-state index contributed by atoms with van der Waals surface area (Å²) in [6, 6.07) is 15.5. The molecule has 1 aliphatic rings. The van der Waals surface area contributed by atoms with Gasteiger partial charge >= 0.3 is 0 Å². The summed E-state index contributed by atoms with van der Waals surface area (Å²) in [6.07, 6.45) is 5.28. The summed E-state index contributed by atoms with van der Waals surface area (Å²) in [4.78, 5) is 9.42. The molecule has 1 saturated heterocycles. The summed E-state index contributed by atoms with van der Waals surface area (Å²) >= 11 is 12.1. The number of aromatic nitrogens is 2. The third-order valence-electron chi connectivity index (χ3n) is 4.83. The Balaban J connectivity index is 1.65. The molecule has 1 unspecified atom stereocenters. The molecule has 28 heavy (non-hydrogen) atoms. The van der Waals surface area contributed by atoms with Gasteiger partial charge in [0, 0.05) is 27.2 Å². The second kappa shape index (κ2) is 8.91. The number of ether oxygens (including phenoxy) is 1. The number of hydrogen-bond acceptors (Lipinski definition) is 4. The molecule has 3 aromatic rings. The topological polar surface area (TPSA) is 47.0 Å². The first-order chi connectivity index (χ1) is 13.7. The lowest BCUT2D eigenvalue weighted by molar-refractivity contribution is 0.231. The Kier molecular flexibility index (Phi) is 6.10. The molecule has 144 valence electrons. The zero-order valence-electron chi connectivity index (χ0n) is 15.4. The summed E-state index contributed by atoms with van der Waals surface area (Å²) in [7, 11) is 0. The first kappa shape index (κ1) is 19.2. The summed E-state index contributed by atoms with van der Waals surface area (Å²) in [5, 5.41) is 4.85. The van der Waals surface area contributed by atoms with Gasteiger partial charge in [-0.2, -0.15) is 0 Å². The van der Waals surface area contributed by atoms with Gasteiger partial charge in [0.2, 0.25) is 5.88 Å². The van der Waals surface area contributed by atoms with Gasteiger partial charge in [0.1, 0.15) is 12.3 Å². The van der Waals surface area contributed by atoms with Gasteiger partial charge in [0.05, 0.1) is 11.9 Å². The monoisotopic (exact) mass is 413 g/mol. The highest BCUT2D eigenvalue weighted by atomic mass is 35.5. The first-order valence-corrected chi connectivity index (χ1v) is 10.2. The summed E-state index contributed by atoms with van der Waals surface area (Å²) in [5.74, 6) is 0.523. The van der Waals surface area contributed by atoms with Crippen LogP contribution < -0.4 is 10.1 Å². The molecule has 1 aliphatic heterocycles. The van der Waals surface area contributed by atoms with Crippen molar-refractivity contribution in [2.45, 2.75) is 25.3 Å². The van der Waals surface area contributed by atoms with Gasteiger partial charge in [-0.3, -0.25) is 0 Å². The Morgan fingerprint density at radius 1 is 0.893 bits per heavy atom. The van der Waals surface area contributed by atoms with Gasteiger partial charge in [-0.1, -0.05) is 53.9 Å². The first-order valence-electron chi connectivity index (χ1n) is 9.44. The normalized spacial score (nSPS) is 16.7. The van der Waals surface area contributed by atoms with Crippen LogP contribution in [-0.4, -0.2) is 29.2 Å². The fourth-order valence-electron chi connectivity index (χ4n) is 3.32. The number of nitrogens with zero attached hydrogens (tertiary/aromatic N) is 2. The lowest BCUT2D eigenvalue weighted by Gasteiger charge is -2.23. The van der Waals surface area contributed by atoms with Gasteiger partial charge < -0.3 is 10.1 Å². The Morgan fingerprint density at radius 3 is 2.14 bits per heavy atom. The highest BCUT2D eigenvalue weighted by Crippen LogP contribution is 2.31. The van der Waals surface area contributed by atoms with E-state index in [-0.39, 0.29) is 0 Å². The molecule has 0 spiro atoms. The number of hydrogen-bond donors (Lipinski definition) is 1. The number of nitrogens with one attached hydrogen (secondary N) is 1. The number of halogens is 2. The van der Waals surface area contributed by atoms with Crippen molar-refractivity contribution < 1.29 is 4.74 Å². The molecule has 6 heteroatoms. The van der Waals surface area contributed by atoms with Crippen molar-refractivity contribution in [3.05, 3.63) is 64.8 Å². The van der Waals surface area contributed by atoms with Crippen LogP contribution in [0.2, 0.25) is 10.0 Å². The maximum Gasteiger partial charge on any atom is 0.232 e. The van der Waals surface area contributed by atoms with Crippen molar-refractivity contribution in [1.29, 1.82) is 0 Å². The Hall–Kier alpha value is -2.14. The second-order valence-electron chi connectivity index (χ2n) is 6.88. The summed E-state index contributed by atoms with van der Waals surface area (Å²) in [5.41, 5.74) is 3.42. The third kappa shape index (κ3) is 4.64. The van der Waals surface area contributed by atoms with Crippen LogP contribution in [0.15, 0.2) is 54.7 Å². The SMILES string of the molecule is Clc1ccc(-c2ncc(OCC3CCCCN3)nc2-c2ccc(Cl)cc2)cc1. The number of benzene rings is 2. The van der Waals surface area contributed by atoms with Gasteiger partial charge in [0.25, 0.3) is 0 Å². The molecular weight excluding hydrogens is 393 g/mol. The predicted molar refractivity (Wildman–Crippen MR) is 114 cm³/mol. The average Bonchev–Trinajstić information content (AvgIpc) is 2.74. The lowest BCUT2D eigenvalue weighted by Crippen LogP contribution is -2.38. The quantitative estimate of drug-likeness (QED) is 0.587. The van der Waals surface area contributed by atoms with Crippen molar-refractivity contribution in [1.82, 2.24) is 15.3 Å². The molecule has 0 amide bonds. The molecule has 0 saturated carbocycles. The van der Waals surface area contributed by atoms with E-state index in [0.717, 1.165) is 35.5 Å². The van der Waals surface area contributed by atoms with Crippen LogP contribution in [0.25, 0.3) is 22.5 Å². The highest BCUT2D eigenvalue weighted by Gasteiger charge is 2.16. The second-order valence-corrected chi connectivity index (χ2v) is 7.75. The molecule has 4 rings (SSSR count). The van der Waals surface area contributed by atoms with Crippen molar-refractivity contribution in [3.8, 4) is 28.4 Å². The van der Waals surface area contributed by atoms with Crippen LogP contribution in [-0.2, 0) is 0 Å². The average molecular weight is 414 g/mol. The van der Waals surface area contributed by atoms with Gasteiger partial charge in [-0.15, -0.1) is 0 Å². The number of piperidine rings is 1. The van der Waals surface area contributed by atoms with E-state index in [1.165, 1.54) is 12.8 Å². The minimum Gasteiger partial charge on any atom is -0.475 e. The van der Waals surface area contributed by atoms with E-state index in [2.05, 4.69) is 10.3 Å². The molecule has 0 radical (unpaired) electrons. The predicted octanol–water partition coefficient (Wildman–Crippen LogP) is 5.64. The molecule has 1 aromatic heterocycles. The molecule has 1 N–H and O–H groups in total. The third-order valence-corrected chi connectivity index (χ3v) is 5.33. The Morgan fingerprint density at radius 2 is 1.54 bits per heavy atom. The number of rotatable bonds is 5. The largest absolute Gasteiger partial charge is 0.475 e. The Labute approximate surface area is 174 Å². The minimum atomic E-state index is 0.366. The molecule has 1 atom stereocenters. The van der Waals surface area contributed by atoms with Gasteiger partial charge in [-0.25, -0.2) is 9.97 Å². The molecule has 0 bridgehead atoms. The van der Waals surface area contributed by atoms with Crippen molar-refractivity contribution >= 4 is 23.2 Å². The van der Waals surface area contributed by atoms with E-state index < -0.39 is 0 Å². The molecule has 2 aromatic carbocycles. The molecular formula is C22H21Cl2N3O. The van der Waals surface area contributed by atoms with E-state index in [1.807, 2.05) is 48.5 Å².